The van der Waals surface area contributed by atoms with Crippen molar-refractivity contribution < 1.29 is 99.4 Å². The van der Waals surface area contributed by atoms with Crippen LogP contribution in [-0.2, 0) is 60.6 Å². The van der Waals surface area contributed by atoms with Crippen molar-refractivity contribution in [3.05, 3.63) is 153 Å². The van der Waals surface area contributed by atoms with Crippen LogP contribution in [0.15, 0.2) is 108 Å². The van der Waals surface area contributed by atoms with E-state index in [2.05, 4.69) is 50.9 Å². The van der Waals surface area contributed by atoms with Crippen LogP contribution < -0.4 is 59.8 Å². The highest BCUT2D eigenvalue weighted by molar-refractivity contribution is 8.00. The molecule has 1 aliphatic carbocycles. The Bertz CT molecular complexity index is 4700. The number of H-pyrrole nitrogens is 2. The molecule has 6 amide bonds. The number of amides is 6. The minimum absolute atomic E-state index is 0.000395. The van der Waals surface area contributed by atoms with Crippen LogP contribution in [0.25, 0.3) is 45.6 Å². The number of fused-ring (bicyclic) bond motifs is 3. The molecule has 2 aromatic heterocycles. The second kappa shape index (κ2) is 39.4. The molecule has 5 aliphatic heterocycles. The zero-order valence-electron chi connectivity index (χ0n) is 60.0. The first-order chi connectivity index (χ1) is 52.2. The van der Waals surface area contributed by atoms with Gasteiger partial charge in [0.05, 0.1) is 54.2 Å². The lowest BCUT2D eigenvalue weighted by Crippen LogP contribution is -2.37. The molecular weight excluding hydrogens is 1490 g/mol. The maximum atomic E-state index is 13.2. The van der Waals surface area contributed by atoms with Crippen molar-refractivity contribution in [3.8, 4) is 28.2 Å². The van der Waals surface area contributed by atoms with Crippen LogP contribution in [0.2, 0.25) is 0 Å². The van der Waals surface area contributed by atoms with Gasteiger partial charge in [-0.3, -0.25) is 70.8 Å². The van der Waals surface area contributed by atoms with Crippen molar-refractivity contribution in [2.24, 2.45) is 0 Å². The molecule has 4 saturated heterocycles. The Balaban J connectivity index is 0.000000259. The molecule has 0 spiro atoms. The first-order valence-corrected chi connectivity index (χ1v) is 39.1. The van der Waals surface area contributed by atoms with E-state index in [9.17, 15) is 81.9 Å². The molecule has 10 rings (SSSR count). The fourth-order valence-corrected chi connectivity index (χ4v) is 15.1. The lowest BCUT2D eigenvalue weighted by Gasteiger charge is -2.18. The maximum Gasteiger partial charge on any atom is 0.472 e. The van der Waals surface area contributed by atoms with Gasteiger partial charge in [0, 0.05) is 144 Å². The number of phosphoric ester groups is 2. The van der Waals surface area contributed by atoms with Gasteiger partial charge >= 0.3 is 39.0 Å². The number of aromatic nitrogens is 4. The van der Waals surface area contributed by atoms with Gasteiger partial charge in [0.1, 0.15) is 41.8 Å². The molecule has 4 fully saturated rings. The number of aromatic amines is 2. The van der Waals surface area contributed by atoms with Crippen molar-refractivity contribution in [2.75, 3.05) is 73.6 Å². The first-order valence-electron chi connectivity index (χ1n) is 35.0. The molecule has 39 heteroatoms. The third kappa shape index (κ3) is 23.4. The average Bonchev–Trinajstić information content (AvgIpc) is 1.56. The largest absolute Gasteiger partial charge is 0.508 e. The van der Waals surface area contributed by atoms with Gasteiger partial charge in [0.25, 0.3) is 17.0 Å². The highest BCUT2D eigenvalue weighted by Gasteiger charge is 2.43. The van der Waals surface area contributed by atoms with E-state index in [1.54, 1.807) is 6.07 Å². The Morgan fingerprint density at radius 1 is 0.642 bits per heavy atom. The second-order valence-electron chi connectivity index (χ2n) is 25.8. The normalized spacial score (nSPS) is 21.3. The zero-order chi connectivity index (χ0) is 78.5. The molecule has 36 nitrogen and oxygen atoms in total. The third-order valence-corrected chi connectivity index (χ3v) is 21.8. The summed E-state index contributed by atoms with van der Waals surface area (Å²) in [6.45, 7) is 0.992. The number of nitrogens with one attached hydrogen (secondary N) is 8. The number of ether oxygens (including phenoxy) is 4. The predicted octanol–water partition coefficient (Wildman–Crippen LogP) is 4.75. The number of hydrogen-bond donors (Lipinski definition) is 12. The Labute approximate surface area is 626 Å². The minimum atomic E-state index is -4.29. The summed E-state index contributed by atoms with van der Waals surface area (Å²) in [6, 6.07) is 13.0. The van der Waals surface area contributed by atoms with Crippen molar-refractivity contribution in [1.29, 1.82) is 0 Å². The number of methoxy groups -OCH3 is 2. The fraction of sp³-hybridized carbons (Fsp3) is 0.471. The quantitative estimate of drug-likeness (QED) is 0.00823. The predicted molar refractivity (Wildman–Crippen MR) is 396 cm³/mol. The molecule has 2 aromatic carbocycles. The number of unbranched alkanes of at least 4 members (excludes halogenated alkanes) is 6. The van der Waals surface area contributed by atoms with Crippen LogP contribution >= 0.6 is 27.4 Å². The van der Waals surface area contributed by atoms with Crippen LogP contribution in [0.5, 0.6) is 5.75 Å². The van der Waals surface area contributed by atoms with Gasteiger partial charge in [-0.15, -0.1) is 0 Å². The molecule has 6 aliphatic rings. The monoisotopic (exact) mass is 1580 g/mol. The molecule has 0 saturated carbocycles. The maximum absolute atomic E-state index is 13.2. The molecule has 4 aromatic rings. The number of aromatic hydroxyl groups is 1. The fourth-order valence-electron chi connectivity index (χ4n) is 12.7. The van der Waals surface area contributed by atoms with E-state index in [1.165, 1.54) is 93.4 Å². The number of phenolic OH excluding ortho intramolecular Hbond substituents is 1. The number of carboxylic acid groups (broad SMARTS) is 1. The molecule has 12 N–H and O–H groups in total. The number of urea groups is 1. The number of hydrogen-bond acceptors (Lipinski definition) is 24. The van der Waals surface area contributed by atoms with Crippen LogP contribution in [-0.4, -0.2) is 190 Å². The van der Waals surface area contributed by atoms with Crippen LogP contribution in [0.1, 0.15) is 128 Å². The molecule has 109 heavy (non-hydrogen) atoms. The van der Waals surface area contributed by atoms with Gasteiger partial charge in [-0.25, -0.2) is 28.3 Å². The number of rotatable bonds is 37. The van der Waals surface area contributed by atoms with Gasteiger partial charge in [-0.2, -0.15) is 11.8 Å². The van der Waals surface area contributed by atoms with E-state index >= 15 is 0 Å². The molecule has 11 unspecified atom stereocenters. The molecule has 7 heterocycles. The summed E-state index contributed by atoms with van der Waals surface area (Å²) in [6.07, 6.45) is 11.3. The summed E-state index contributed by atoms with van der Waals surface area (Å²) >= 11 is 1.84. The van der Waals surface area contributed by atoms with Gasteiger partial charge in [0.2, 0.25) is 17.7 Å². The average molecular weight is 1580 g/mol. The lowest BCUT2D eigenvalue weighted by molar-refractivity contribution is -0.121. The van der Waals surface area contributed by atoms with E-state index in [4.69, 9.17) is 32.4 Å². The van der Waals surface area contributed by atoms with E-state index < -0.39 is 98.7 Å². The number of carbonyl (C=O) groups is 6. The number of phenols is 1. The van der Waals surface area contributed by atoms with Gasteiger partial charge in [-0.1, -0.05) is 25.7 Å². The van der Waals surface area contributed by atoms with Gasteiger partial charge in [0.15, 0.2) is 5.43 Å². The number of benzene rings is 3. The van der Waals surface area contributed by atoms with Gasteiger partial charge < -0.3 is 75.3 Å². The molecule has 0 bridgehead atoms. The van der Waals surface area contributed by atoms with E-state index in [-0.39, 0.29) is 100 Å². The highest BCUT2D eigenvalue weighted by atomic mass is 32.2. The molecular formula is C70H88N10O26P2S. The Morgan fingerprint density at radius 3 is 1.72 bits per heavy atom. The Hall–Kier alpha value is -9.20. The van der Waals surface area contributed by atoms with Crippen molar-refractivity contribution >= 4 is 86.2 Å². The first kappa shape index (κ1) is 83.8. The standard InChI is InChI=1S/C41H43N4O15P.C29H45N6O11PS/c1-56-33-20-36(60-34(33)22-58-61(54,55)57-2)45-21-24(39(50)44-41(45)53)8-14-35(48)42-15-5-3-4-6-16-43-38(49)23-7-11-27(40(51)52)30(17-23)37-28-12-9-25(46)18-31(28)59-32-19-26(47)10-13-29(32)37;1-43-20-14-25(46-21(20)16-45-47(41,42)44-2)35-15-18(27(38)34-29(35)40)10-11-24(37)31-13-6-4-3-5-12-30-23(36)9-7-8-22-26-19(17-48-22)32-28(39)33-26/h7-14,17-19,21,33-34,36,46H,3-6,15-16,20,22H2,1-2H3,(H,42,48)(H,43,49)(H,51,52)(H,54,55)(H,44,50,53);10-11,15,19-22,25-26H,3-9,12-14,16-17H2,1-2H3,(H,30,36)(H,31,37)(H,41,42)(H2,32,33,39)(H,34,38,40)/b14-8+;11-10+. The summed E-state index contributed by atoms with van der Waals surface area (Å²) in [5, 5.41) is 38.2. The van der Waals surface area contributed by atoms with Crippen LogP contribution in [0.4, 0.5) is 4.79 Å². The summed E-state index contributed by atoms with van der Waals surface area (Å²) in [5.41, 5.74) is -1.74. The number of carboxylic acids is 1. The minimum Gasteiger partial charge on any atom is -0.508 e. The zero-order valence-corrected chi connectivity index (χ0v) is 62.6. The number of nitrogens with zero attached hydrogens (tertiary/aromatic N) is 2. The number of phosphoric acid groups is 2. The van der Waals surface area contributed by atoms with E-state index in [1.807, 2.05) is 11.8 Å². The SMILES string of the molecule is COC1CC(n2cc(/C=C/C(=O)NCCCCCCNC(=O)CCCC3SCC4NC(=O)NC43)c(=O)[nH]c2=O)OC1COP(=O)(O)OC.COC1CC(n2cc(/C=C/C(=O)NCCCCCCNC(=O)c3ccc(C(=O)O)c(-c4c5ccc(=O)cc-5oc5cc(O)ccc45)c3)c(=O)[nH]c2=O)OC1COP(=O)(O)OC. The summed E-state index contributed by atoms with van der Waals surface area (Å²) in [7, 11) is -3.67. The van der Waals surface area contributed by atoms with Crippen molar-refractivity contribution in [3.63, 3.8) is 0 Å². The van der Waals surface area contributed by atoms with E-state index in [0.717, 1.165) is 86.5 Å². The Morgan fingerprint density at radius 2 is 1.18 bits per heavy atom. The number of carbonyl (C=O) groups excluding carboxylic acids is 5. The third-order valence-electron chi connectivity index (χ3n) is 18.4. The topological polar surface area (TPSA) is 503 Å². The number of aromatic carboxylic acids is 1. The molecule has 11 atom stereocenters. The highest BCUT2D eigenvalue weighted by Crippen LogP contribution is 2.46. The summed E-state index contributed by atoms with van der Waals surface area (Å²) in [5.74, 6) is -1.50. The lowest BCUT2D eigenvalue weighted by atomic mass is 9.89. The number of thioether (sulfide) groups is 1. The molecule has 590 valence electrons. The summed E-state index contributed by atoms with van der Waals surface area (Å²) in [4.78, 5) is 160. The Kier molecular flexibility index (Phi) is 30.3. The van der Waals surface area contributed by atoms with Crippen LogP contribution in [0.3, 0.4) is 0 Å². The van der Waals surface area contributed by atoms with Crippen LogP contribution in [0, 0.1) is 0 Å². The molecule has 0 radical (unpaired) electrons. The van der Waals surface area contributed by atoms with E-state index in [0.29, 0.717) is 67.2 Å². The second-order valence-corrected chi connectivity index (χ2v) is 30.1. The van der Waals surface area contributed by atoms with Gasteiger partial charge in [-0.05, 0) is 98.7 Å². The van der Waals surface area contributed by atoms with Crippen molar-refractivity contribution in [2.45, 2.75) is 138 Å². The smallest absolute Gasteiger partial charge is 0.472 e. The summed E-state index contributed by atoms with van der Waals surface area (Å²) < 4.78 is 72.5. The van der Waals surface area contributed by atoms with Crippen molar-refractivity contribution in [1.82, 2.24) is 51.0 Å².